The Hall–Kier alpha value is -3.16. The van der Waals surface area contributed by atoms with Gasteiger partial charge in [-0.3, -0.25) is 0 Å². The molecule has 0 radical (unpaired) electrons. The normalized spacial score (nSPS) is 13.4. The van der Waals surface area contributed by atoms with Crippen LogP contribution in [0.4, 0.5) is 0 Å². The van der Waals surface area contributed by atoms with Crippen molar-refractivity contribution in [3.05, 3.63) is 107 Å². The van der Waals surface area contributed by atoms with Crippen LogP contribution in [0.5, 0.6) is 0 Å². The molecule has 1 N–H and O–H groups in total. The van der Waals surface area contributed by atoms with E-state index in [1.807, 2.05) is 0 Å². The third-order valence-electron chi connectivity index (χ3n) is 8.11. The summed E-state index contributed by atoms with van der Waals surface area (Å²) >= 11 is 0. The van der Waals surface area contributed by atoms with Gasteiger partial charge in [-0.15, -0.1) is 0 Å². The molecular formula is C39H48O. The van der Waals surface area contributed by atoms with Crippen molar-refractivity contribution in [2.24, 2.45) is 0 Å². The van der Waals surface area contributed by atoms with Gasteiger partial charge in [-0.1, -0.05) is 142 Å². The lowest BCUT2D eigenvalue weighted by molar-refractivity contribution is 0.175. The van der Waals surface area contributed by atoms with Crippen molar-refractivity contribution < 1.29 is 5.11 Å². The van der Waals surface area contributed by atoms with E-state index >= 15 is 0 Å². The molecule has 1 nitrogen and oxygen atoms in total. The van der Waals surface area contributed by atoms with E-state index in [1.54, 1.807) is 0 Å². The maximum atomic E-state index is 11.5. The lowest BCUT2D eigenvalue weighted by atomic mass is 9.81. The summed E-state index contributed by atoms with van der Waals surface area (Å²) in [5.41, 5.74) is 12.0. The largest absolute Gasteiger partial charge is 0.388 e. The first kappa shape index (κ1) is 29.8. The Bertz CT molecular complexity index is 1350. The zero-order valence-corrected chi connectivity index (χ0v) is 26.3. The lowest BCUT2D eigenvalue weighted by Gasteiger charge is -2.24. The molecule has 0 bridgehead atoms. The molecule has 0 saturated carbocycles. The summed E-state index contributed by atoms with van der Waals surface area (Å²) in [5, 5.41) is 11.5. The van der Waals surface area contributed by atoms with Crippen LogP contribution in [-0.4, -0.2) is 5.11 Å². The number of aliphatic hydroxyl groups is 1. The minimum absolute atomic E-state index is 0.0842. The highest BCUT2D eigenvalue weighted by Gasteiger charge is 2.22. The summed E-state index contributed by atoms with van der Waals surface area (Å²) in [6, 6.07) is 31.4. The van der Waals surface area contributed by atoms with Gasteiger partial charge in [0.15, 0.2) is 0 Å². The first-order valence-corrected chi connectivity index (χ1v) is 14.8. The van der Waals surface area contributed by atoms with Crippen LogP contribution in [0.25, 0.3) is 33.4 Å². The Kier molecular flexibility index (Phi) is 8.21. The van der Waals surface area contributed by atoms with E-state index in [1.165, 1.54) is 22.3 Å². The van der Waals surface area contributed by atoms with Gasteiger partial charge in [-0.2, -0.15) is 0 Å². The number of benzene rings is 4. The van der Waals surface area contributed by atoms with Gasteiger partial charge in [0.2, 0.25) is 0 Å². The van der Waals surface area contributed by atoms with Crippen molar-refractivity contribution in [1.82, 2.24) is 0 Å². The van der Waals surface area contributed by atoms with Gasteiger partial charge >= 0.3 is 0 Å². The predicted octanol–water partition coefficient (Wildman–Crippen LogP) is 11.0. The van der Waals surface area contributed by atoms with Gasteiger partial charge < -0.3 is 5.11 Å². The molecule has 1 heteroatoms. The third-order valence-corrected chi connectivity index (χ3v) is 8.11. The summed E-state index contributed by atoms with van der Waals surface area (Å²) in [4.78, 5) is 0. The summed E-state index contributed by atoms with van der Waals surface area (Å²) < 4.78 is 0. The number of hydrogen-bond acceptors (Lipinski definition) is 1. The zero-order valence-electron chi connectivity index (χ0n) is 26.3. The van der Waals surface area contributed by atoms with Crippen molar-refractivity contribution in [1.29, 1.82) is 0 Å². The van der Waals surface area contributed by atoms with Gasteiger partial charge in [-0.05, 0) is 90.4 Å². The van der Waals surface area contributed by atoms with Gasteiger partial charge in [0.25, 0.3) is 0 Å². The van der Waals surface area contributed by atoms with Crippen molar-refractivity contribution >= 4 is 0 Å². The maximum Gasteiger partial charge on any atom is 0.0799 e. The molecule has 0 aliphatic carbocycles. The van der Waals surface area contributed by atoms with E-state index in [9.17, 15) is 5.11 Å². The van der Waals surface area contributed by atoms with Crippen molar-refractivity contribution in [2.45, 2.75) is 98.0 Å². The molecule has 0 aliphatic rings. The van der Waals surface area contributed by atoms with Crippen molar-refractivity contribution in [3.8, 4) is 33.4 Å². The second kappa shape index (κ2) is 11.0. The maximum absolute atomic E-state index is 11.5. The van der Waals surface area contributed by atoms with E-state index in [4.69, 9.17) is 0 Å². The van der Waals surface area contributed by atoms with E-state index < -0.39 is 6.10 Å². The van der Waals surface area contributed by atoms with Crippen LogP contribution in [0.3, 0.4) is 0 Å². The summed E-state index contributed by atoms with van der Waals surface area (Å²) in [6.07, 6.45) is 0.0895. The van der Waals surface area contributed by atoms with Crippen molar-refractivity contribution in [2.75, 3.05) is 0 Å². The van der Waals surface area contributed by atoms with Crippen LogP contribution in [0, 0.1) is 0 Å². The number of hydrogen-bond donors (Lipinski definition) is 1. The molecule has 40 heavy (non-hydrogen) atoms. The monoisotopic (exact) mass is 532 g/mol. The molecule has 4 aromatic carbocycles. The van der Waals surface area contributed by atoms with E-state index in [0.717, 1.165) is 33.4 Å². The predicted molar refractivity (Wildman–Crippen MR) is 174 cm³/mol. The highest BCUT2D eigenvalue weighted by molar-refractivity contribution is 5.85. The molecule has 0 saturated heterocycles. The average Bonchev–Trinajstić information content (AvgIpc) is 2.90. The number of aliphatic hydroxyl groups excluding tert-OH is 1. The van der Waals surface area contributed by atoms with Crippen LogP contribution in [0.15, 0.2) is 84.9 Å². The molecule has 0 heterocycles. The fourth-order valence-corrected chi connectivity index (χ4v) is 5.32. The zero-order chi connectivity index (χ0) is 29.5. The second-order valence-electron chi connectivity index (χ2n) is 14.4. The van der Waals surface area contributed by atoms with Gasteiger partial charge in [0.1, 0.15) is 0 Å². The Labute approximate surface area is 243 Å². The molecule has 210 valence electrons. The Morgan fingerprint density at radius 2 is 0.775 bits per heavy atom. The van der Waals surface area contributed by atoms with Gasteiger partial charge in [-0.25, -0.2) is 0 Å². The Morgan fingerprint density at radius 3 is 1.05 bits per heavy atom. The summed E-state index contributed by atoms with van der Waals surface area (Å²) in [5.74, 6) is 0. The van der Waals surface area contributed by atoms with Crippen LogP contribution < -0.4 is 0 Å². The number of rotatable bonds is 5. The van der Waals surface area contributed by atoms with Crippen LogP contribution >= 0.6 is 0 Å². The van der Waals surface area contributed by atoms with E-state index in [-0.39, 0.29) is 16.2 Å². The quantitative estimate of drug-likeness (QED) is 0.271. The van der Waals surface area contributed by atoms with Crippen LogP contribution in [0.1, 0.15) is 104 Å². The molecule has 4 rings (SSSR count). The fraction of sp³-hybridized carbons (Fsp3) is 0.385. The highest BCUT2D eigenvalue weighted by atomic mass is 16.3. The minimum atomic E-state index is -0.563. The molecule has 0 aromatic heterocycles. The fourth-order valence-electron chi connectivity index (χ4n) is 5.32. The summed E-state index contributed by atoms with van der Waals surface area (Å²) in [7, 11) is 0. The molecule has 0 unspecified atom stereocenters. The average molecular weight is 533 g/mol. The Balaban J connectivity index is 1.98. The van der Waals surface area contributed by atoms with Crippen LogP contribution in [-0.2, 0) is 16.2 Å². The minimum Gasteiger partial charge on any atom is -0.388 e. The third kappa shape index (κ3) is 6.42. The molecule has 0 spiro atoms. The first-order chi connectivity index (χ1) is 18.6. The molecule has 1 atom stereocenters. The molecule has 0 amide bonds. The van der Waals surface area contributed by atoms with Crippen LogP contribution in [0.2, 0.25) is 0 Å². The lowest BCUT2D eigenvalue weighted by Crippen LogP contribution is -2.11. The highest BCUT2D eigenvalue weighted by Crippen LogP contribution is 2.42. The van der Waals surface area contributed by atoms with E-state index in [2.05, 4.69) is 154 Å². The summed E-state index contributed by atoms with van der Waals surface area (Å²) in [6.45, 7) is 22.3. The molecule has 0 aliphatic heterocycles. The standard InChI is InChI=1S/C39H48O/c1-11-35(40)36-33(27-14-20-31(21-15-27)38(5,6)7)24-29(26-12-18-30(19-13-26)37(2,3)4)25-34(36)28-16-22-32(23-17-28)39(8,9)10/h12-25,35,40H,11H2,1-10H3/t35-/m0/s1. The first-order valence-electron chi connectivity index (χ1n) is 14.8. The second-order valence-corrected chi connectivity index (χ2v) is 14.4. The van der Waals surface area contributed by atoms with Gasteiger partial charge in [0.05, 0.1) is 6.10 Å². The molecule has 0 fully saturated rings. The molecular weight excluding hydrogens is 484 g/mol. The van der Waals surface area contributed by atoms with E-state index in [0.29, 0.717) is 6.42 Å². The smallest absolute Gasteiger partial charge is 0.0799 e. The SMILES string of the molecule is CC[C@H](O)c1c(-c2ccc(C(C)(C)C)cc2)cc(-c2ccc(C(C)(C)C)cc2)cc1-c1ccc(C(C)(C)C)cc1. The van der Waals surface area contributed by atoms with Crippen molar-refractivity contribution in [3.63, 3.8) is 0 Å². The molecule has 4 aromatic rings. The Morgan fingerprint density at radius 1 is 0.475 bits per heavy atom. The topological polar surface area (TPSA) is 20.2 Å². The van der Waals surface area contributed by atoms with Gasteiger partial charge in [0, 0.05) is 0 Å².